The fourth-order valence-corrected chi connectivity index (χ4v) is 2.99. The summed E-state index contributed by atoms with van der Waals surface area (Å²) in [6.45, 7) is 8.26. The summed E-state index contributed by atoms with van der Waals surface area (Å²) in [4.78, 5) is 12.1. The third-order valence-electron chi connectivity index (χ3n) is 3.05. The van der Waals surface area contributed by atoms with Gasteiger partial charge in [-0.15, -0.1) is 0 Å². The molecule has 0 aliphatic carbocycles. The predicted octanol–water partition coefficient (Wildman–Crippen LogP) is 2.15. The number of hydrogen-bond acceptors (Lipinski definition) is 3. The van der Waals surface area contributed by atoms with Gasteiger partial charge in [-0.1, -0.05) is 26.8 Å². The lowest BCUT2D eigenvalue weighted by atomic mass is 10.2. The van der Waals surface area contributed by atoms with Crippen molar-refractivity contribution in [3.63, 3.8) is 0 Å². The summed E-state index contributed by atoms with van der Waals surface area (Å²) in [5.74, 6) is 0.0808. The molecule has 1 aromatic rings. The molecule has 1 unspecified atom stereocenters. The molecule has 0 aromatic heterocycles. The standard InChI is InChI=1S/C15H24N2O3S/c1-5-12(4)17-21(19,20)14-8-6-7-13(9-14)15(18)16-10-11(2)3/h6-9,11-12,17H,5,10H2,1-4H3,(H,16,18). The summed E-state index contributed by atoms with van der Waals surface area (Å²) in [7, 11) is -3.59. The Balaban J connectivity index is 2.92. The number of hydrogen-bond donors (Lipinski definition) is 2. The van der Waals surface area contributed by atoms with E-state index in [1.165, 1.54) is 12.1 Å². The van der Waals surface area contributed by atoms with Crippen molar-refractivity contribution in [2.24, 2.45) is 5.92 Å². The predicted molar refractivity (Wildman–Crippen MR) is 83.7 cm³/mol. The van der Waals surface area contributed by atoms with Crippen LogP contribution >= 0.6 is 0 Å². The summed E-state index contributed by atoms with van der Waals surface area (Å²) in [6, 6.07) is 5.94. The minimum Gasteiger partial charge on any atom is -0.352 e. The summed E-state index contributed by atoms with van der Waals surface area (Å²) in [5.41, 5.74) is 0.350. The molecule has 0 radical (unpaired) electrons. The summed E-state index contributed by atoms with van der Waals surface area (Å²) in [6.07, 6.45) is 0.702. The van der Waals surface area contributed by atoms with E-state index >= 15 is 0 Å². The van der Waals surface area contributed by atoms with Gasteiger partial charge in [-0.2, -0.15) is 0 Å². The van der Waals surface area contributed by atoms with E-state index in [4.69, 9.17) is 0 Å². The van der Waals surface area contributed by atoms with Crippen LogP contribution in [-0.2, 0) is 10.0 Å². The van der Waals surface area contributed by atoms with Crippen LogP contribution in [-0.4, -0.2) is 26.9 Å². The first-order chi connectivity index (χ1) is 9.76. The average molecular weight is 312 g/mol. The van der Waals surface area contributed by atoms with Crippen LogP contribution in [0.1, 0.15) is 44.5 Å². The van der Waals surface area contributed by atoms with Gasteiger partial charge in [0.1, 0.15) is 0 Å². The molecule has 6 heteroatoms. The van der Waals surface area contributed by atoms with E-state index in [9.17, 15) is 13.2 Å². The molecule has 0 heterocycles. The van der Waals surface area contributed by atoms with Gasteiger partial charge in [0.05, 0.1) is 4.90 Å². The Morgan fingerprint density at radius 1 is 1.24 bits per heavy atom. The molecule has 0 aliphatic heterocycles. The molecule has 1 aromatic carbocycles. The topological polar surface area (TPSA) is 75.3 Å². The van der Waals surface area contributed by atoms with Crippen molar-refractivity contribution in [2.75, 3.05) is 6.54 Å². The molecule has 0 fully saturated rings. The summed E-state index contributed by atoms with van der Waals surface area (Å²) >= 11 is 0. The number of sulfonamides is 1. The summed E-state index contributed by atoms with van der Waals surface area (Å²) < 4.78 is 27.0. The first kappa shape index (κ1) is 17.7. The van der Waals surface area contributed by atoms with Crippen LogP contribution in [0.25, 0.3) is 0 Å². The molecule has 1 atom stereocenters. The van der Waals surface area contributed by atoms with Gasteiger partial charge in [0.25, 0.3) is 5.91 Å². The number of nitrogens with one attached hydrogen (secondary N) is 2. The van der Waals surface area contributed by atoms with Crippen molar-refractivity contribution >= 4 is 15.9 Å². The fourth-order valence-electron chi connectivity index (χ4n) is 1.62. The van der Waals surface area contributed by atoms with Crippen LogP contribution in [0.15, 0.2) is 29.2 Å². The SMILES string of the molecule is CCC(C)NS(=O)(=O)c1cccc(C(=O)NCC(C)C)c1. The smallest absolute Gasteiger partial charge is 0.251 e. The van der Waals surface area contributed by atoms with Crippen molar-refractivity contribution in [1.29, 1.82) is 0 Å². The minimum absolute atomic E-state index is 0.111. The monoisotopic (exact) mass is 312 g/mol. The van der Waals surface area contributed by atoms with E-state index in [0.717, 1.165) is 0 Å². The number of carbonyl (C=O) groups is 1. The van der Waals surface area contributed by atoms with Gasteiger partial charge in [-0.3, -0.25) is 4.79 Å². The molecule has 0 aliphatic rings. The van der Waals surface area contributed by atoms with Gasteiger partial charge in [0.2, 0.25) is 10.0 Å². The van der Waals surface area contributed by atoms with Crippen LogP contribution in [0, 0.1) is 5.92 Å². The number of amides is 1. The summed E-state index contributed by atoms with van der Waals surface area (Å²) in [5, 5.41) is 2.77. The van der Waals surface area contributed by atoms with E-state index in [2.05, 4.69) is 10.0 Å². The zero-order chi connectivity index (χ0) is 16.0. The maximum Gasteiger partial charge on any atom is 0.251 e. The normalized spacial score (nSPS) is 13.2. The molecule has 1 rings (SSSR count). The molecule has 5 nitrogen and oxygen atoms in total. The van der Waals surface area contributed by atoms with Crippen molar-refractivity contribution in [2.45, 2.75) is 45.1 Å². The highest BCUT2D eigenvalue weighted by atomic mass is 32.2. The van der Waals surface area contributed by atoms with Gasteiger partial charge in [-0.25, -0.2) is 13.1 Å². The molecule has 0 bridgehead atoms. The average Bonchev–Trinajstić information content (AvgIpc) is 2.44. The van der Waals surface area contributed by atoms with E-state index in [-0.39, 0.29) is 16.8 Å². The zero-order valence-electron chi connectivity index (χ0n) is 13.0. The van der Waals surface area contributed by atoms with E-state index in [1.54, 1.807) is 19.1 Å². The molecule has 0 saturated carbocycles. The quantitative estimate of drug-likeness (QED) is 0.810. The van der Waals surface area contributed by atoms with Gasteiger partial charge in [0, 0.05) is 18.2 Å². The second kappa shape index (κ2) is 7.56. The lowest BCUT2D eigenvalue weighted by Gasteiger charge is -2.13. The lowest BCUT2D eigenvalue weighted by Crippen LogP contribution is -2.32. The first-order valence-electron chi connectivity index (χ1n) is 7.16. The van der Waals surface area contributed by atoms with Crippen LogP contribution in [0.4, 0.5) is 0 Å². The van der Waals surface area contributed by atoms with Crippen molar-refractivity contribution < 1.29 is 13.2 Å². The Labute approximate surface area is 127 Å². The molecule has 0 saturated heterocycles. The van der Waals surface area contributed by atoms with Gasteiger partial charge < -0.3 is 5.32 Å². The van der Waals surface area contributed by atoms with E-state index in [0.29, 0.717) is 24.4 Å². The number of carbonyl (C=O) groups excluding carboxylic acids is 1. The fraction of sp³-hybridized carbons (Fsp3) is 0.533. The van der Waals surface area contributed by atoms with Crippen molar-refractivity contribution in [1.82, 2.24) is 10.0 Å². The molecule has 2 N–H and O–H groups in total. The third-order valence-corrected chi connectivity index (χ3v) is 4.63. The second-order valence-electron chi connectivity index (χ2n) is 5.56. The Bertz CT molecular complexity index is 582. The van der Waals surface area contributed by atoms with Crippen LogP contribution in [0.5, 0.6) is 0 Å². The highest BCUT2D eigenvalue weighted by molar-refractivity contribution is 7.89. The van der Waals surface area contributed by atoms with Crippen LogP contribution in [0.3, 0.4) is 0 Å². The van der Waals surface area contributed by atoms with Crippen LogP contribution < -0.4 is 10.0 Å². The van der Waals surface area contributed by atoms with E-state index < -0.39 is 10.0 Å². The zero-order valence-corrected chi connectivity index (χ0v) is 13.8. The minimum atomic E-state index is -3.59. The second-order valence-corrected chi connectivity index (χ2v) is 7.28. The van der Waals surface area contributed by atoms with Crippen molar-refractivity contribution in [3.05, 3.63) is 29.8 Å². The Morgan fingerprint density at radius 2 is 1.90 bits per heavy atom. The van der Waals surface area contributed by atoms with Crippen LogP contribution in [0.2, 0.25) is 0 Å². The Morgan fingerprint density at radius 3 is 2.48 bits per heavy atom. The highest BCUT2D eigenvalue weighted by Crippen LogP contribution is 2.12. The molecule has 1 amide bonds. The number of benzene rings is 1. The van der Waals surface area contributed by atoms with Gasteiger partial charge >= 0.3 is 0 Å². The third kappa shape index (κ3) is 5.47. The van der Waals surface area contributed by atoms with Gasteiger partial charge in [0.15, 0.2) is 0 Å². The molecule has 21 heavy (non-hydrogen) atoms. The van der Waals surface area contributed by atoms with Gasteiger partial charge in [-0.05, 0) is 37.5 Å². The lowest BCUT2D eigenvalue weighted by molar-refractivity contribution is 0.0949. The Hall–Kier alpha value is -1.40. The maximum atomic E-state index is 12.2. The maximum absolute atomic E-state index is 12.2. The highest BCUT2D eigenvalue weighted by Gasteiger charge is 2.18. The number of rotatable bonds is 7. The van der Waals surface area contributed by atoms with E-state index in [1.807, 2.05) is 20.8 Å². The molecular weight excluding hydrogens is 288 g/mol. The molecule has 0 spiro atoms. The molecule has 118 valence electrons. The van der Waals surface area contributed by atoms with Crippen molar-refractivity contribution in [3.8, 4) is 0 Å². The largest absolute Gasteiger partial charge is 0.352 e. The molecular formula is C15H24N2O3S. The first-order valence-corrected chi connectivity index (χ1v) is 8.65. The Kier molecular flexibility index (Phi) is 6.36.